The third-order valence-electron chi connectivity index (χ3n) is 3.95. The van der Waals surface area contributed by atoms with Gasteiger partial charge in [0.25, 0.3) is 0 Å². The van der Waals surface area contributed by atoms with Gasteiger partial charge in [-0.2, -0.15) is 0 Å². The first kappa shape index (κ1) is 14.9. The van der Waals surface area contributed by atoms with Gasteiger partial charge in [-0.15, -0.1) is 11.3 Å². The Balaban J connectivity index is 1.43. The first-order valence-electron chi connectivity index (χ1n) is 7.59. The molecule has 0 unspecified atom stereocenters. The highest BCUT2D eigenvalue weighted by molar-refractivity contribution is 7.16. The lowest BCUT2D eigenvalue weighted by Crippen LogP contribution is -2.26. The Kier molecular flexibility index (Phi) is 4.15. The maximum absolute atomic E-state index is 11.2. The Hall–Kier alpha value is -1.70. The lowest BCUT2D eigenvalue weighted by atomic mass is 9.99. The highest BCUT2D eigenvalue weighted by Gasteiger charge is 2.18. The topological polar surface area (TPSA) is 64.4 Å². The normalized spacial score (nSPS) is 16.0. The number of hydrogen-bond acceptors (Lipinski definition) is 7. The molecule has 23 heavy (non-hydrogen) atoms. The minimum absolute atomic E-state index is 0.289. The predicted molar refractivity (Wildman–Crippen MR) is 91.7 cm³/mol. The van der Waals surface area contributed by atoms with Crippen molar-refractivity contribution in [3.8, 4) is 5.75 Å². The molecule has 1 aliphatic rings. The van der Waals surface area contributed by atoms with E-state index in [1.807, 2.05) is 12.1 Å². The first-order valence-corrected chi connectivity index (χ1v) is 9.29. The van der Waals surface area contributed by atoms with Crippen molar-refractivity contribution in [3.63, 3.8) is 0 Å². The fraction of sp³-hybridized carbons (Fsp3) is 0.375. The van der Waals surface area contributed by atoms with Gasteiger partial charge in [0.2, 0.25) is 0 Å². The van der Waals surface area contributed by atoms with Gasteiger partial charge < -0.3 is 14.5 Å². The largest absolute Gasteiger partial charge is 0.487 e. The molecular formula is C16H16N2O3S2. The number of piperidine rings is 1. The zero-order chi connectivity index (χ0) is 15.6. The molecule has 3 heterocycles. The number of fused-ring (bicyclic) bond motifs is 1. The van der Waals surface area contributed by atoms with Crippen molar-refractivity contribution in [2.24, 2.45) is 0 Å². The summed E-state index contributed by atoms with van der Waals surface area (Å²) in [6.45, 7) is 2.57. The Morgan fingerprint density at radius 3 is 3.09 bits per heavy atom. The molecule has 2 aromatic heterocycles. The molecule has 0 spiro atoms. The maximum Gasteiger partial charge on any atom is 0.396 e. The number of rotatable bonds is 4. The molecule has 0 bridgehead atoms. The maximum atomic E-state index is 11.2. The van der Waals surface area contributed by atoms with Crippen LogP contribution in [0, 0.1) is 0 Å². The fourth-order valence-corrected chi connectivity index (χ4v) is 4.37. The number of thiazole rings is 1. The summed E-state index contributed by atoms with van der Waals surface area (Å²) in [5.41, 5.74) is 1.53. The first-order chi connectivity index (χ1) is 11.3. The number of nitrogens with one attached hydrogen (secondary N) is 1. The van der Waals surface area contributed by atoms with Crippen LogP contribution in [0.2, 0.25) is 0 Å². The average molecular weight is 348 g/mol. The molecule has 0 aliphatic carbocycles. The van der Waals surface area contributed by atoms with Crippen molar-refractivity contribution in [3.05, 3.63) is 44.0 Å². The van der Waals surface area contributed by atoms with E-state index in [9.17, 15) is 4.79 Å². The molecule has 120 valence electrons. The second-order valence-corrected chi connectivity index (χ2v) is 7.42. The molecule has 0 amide bonds. The smallest absolute Gasteiger partial charge is 0.396 e. The van der Waals surface area contributed by atoms with Gasteiger partial charge in [-0.1, -0.05) is 11.3 Å². The van der Waals surface area contributed by atoms with E-state index in [1.165, 1.54) is 5.01 Å². The van der Waals surface area contributed by atoms with E-state index in [2.05, 4.69) is 10.7 Å². The van der Waals surface area contributed by atoms with Gasteiger partial charge in [0.05, 0.1) is 15.4 Å². The van der Waals surface area contributed by atoms with Crippen molar-refractivity contribution >= 4 is 33.0 Å². The number of nitrogens with zero attached hydrogens (tertiary/aromatic N) is 1. The summed E-state index contributed by atoms with van der Waals surface area (Å²) in [5.74, 6) is 1.27. The Morgan fingerprint density at radius 1 is 1.35 bits per heavy atom. The quantitative estimate of drug-likeness (QED) is 0.783. The molecule has 0 radical (unpaired) electrons. The van der Waals surface area contributed by atoms with E-state index in [1.54, 1.807) is 17.4 Å². The van der Waals surface area contributed by atoms with Crippen LogP contribution in [0.5, 0.6) is 5.75 Å². The third-order valence-corrected chi connectivity index (χ3v) is 5.81. The van der Waals surface area contributed by atoms with Gasteiger partial charge >= 0.3 is 4.94 Å². The van der Waals surface area contributed by atoms with Crippen molar-refractivity contribution in [1.29, 1.82) is 0 Å². The van der Waals surface area contributed by atoms with Gasteiger partial charge in [0.15, 0.2) is 5.58 Å². The number of hydrogen-bond donors (Lipinski definition) is 1. The molecule has 5 nitrogen and oxygen atoms in total. The van der Waals surface area contributed by atoms with Crippen LogP contribution in [0.15, 0.2) is 32.8 Å². The second kappa shape index (κ2) is 6.43. The van der Waals surface area contributed by atoms with Crippen molar-refractivity contribution < 1.29 is 9.15 Å². The summed E-state index contributed by atoms with van der Waals surface area (Å²) in [5, 5.41) is 6.66. The molecule has 1 aliphatic heterocycles. The van der Waals surface area contributed by atoms with Crippen LogP contribution >= 0.6 is 22.7 Å². The Morgan fingerprint density at radius 2 is 2.22 bits per heavy atom. The molecule has 7 heteroatoms. The average Bonchev–Trinajstić information content (AvgIpc) is 3.18. The van der Waals surface area contributed by atoms with E-state index in [0.29, 0.717) is 23.9 Å². The van der Waals surface area contributed by atoms with E-state index < -0.39 is 0 Å². The molecule has 4 rings (SSSR count). The molecule has 0 saturated carbocycles. The summed E-state index contributed by atoms with van der Waals surface area (Å²) in [7, 11) is 0. The Bertz CT molecular complexity index is 861. The summed E-state index contributed by atoms with van der Waals surface area (Å²) >= 11 is 2.82. The molecule has 3 aromatic rings. The highest BCUT2D eigenvalue weighted by atomic mass is 32.1. The second-order valence-electron chi connectivity index (χ2n) is 5.55. The standard InChI is InChI=1S/C16H16N2O3S2/c19-16-21-13-7-12(1-2-14(13)23-16)20-8-11-9-22-15(18-11)10-3-5-17-6-4-10/h1-2,7,9-10,17H,3-6,8H2. The van der Waals surface area contributed by atoms with Crippen molar-refractivity contribution in [2.75, 3.05) is 13.1 Å². The van der Waals surface area contributed by atoms with Gasteiger partial charge in [-0.3, -0.25) is 0 Å². The van der Waals surface area contributed by atoms with Crippen LogP contribution in [0.1, 0.15) is 29.5 Å². The van der Waals surface area contributed by atoms with Gasteiger partial charge in [-0.25, -0.2) is 9.78 Å². The number of ether oxygens (including phenoxy) is 1. The molecule has 1 fully saturated rings. The summed E-state index contributed by atoms with van der Waals surface area (Å²) in [4.78, 5) is 15.7. The van der Waals surface area contributed by atoms with Crippen LogP contribution in [0.25, 0.3) is 10.3 Å². The zero-order valence-corrected chi connectivity index (χ0v) is 14.0. The van der Waals surface area contributed by atoms with Crippen molar-refractivity contribution in [1.82, 2.24) is 10.3 Å². The number of benzene rings is 1. The van der Waals surface area contributed by atoms with Crippen LogP contribution in [0.3, 0.4) is 0 Å². The van der Waals surface area contributed by atoms with Gasteiger partial charge in [0, 0.05) is 17.4 Å². The summed E-state index contributed by atoms with van der Waals surface area (Å²) in [6.07, 6.45) is 2.31. The summed E-state index contributed by atoms with van der Waals surface area (Å²) in [6, 6.07) is 5.46. The van der Waals surface area contributed by atoms with Crippen LogP contribution in [-0.4, -0.2) is 18.1 Å². The lowest BCUT2D eigenvalue weighted by Gasteiger charge is -2.20. The van der Waals surface area contributed by atoms with Gasteiger partial charge in [-0.05, 0) is 38.1 Å². The Labute approximate surface area is 140 Å². The molecule has 1 saturated heterocycles. The van der Waals surface area contributed by atoms with E-state index in [0.717, 1.165) is 47.7 Å². The molecule has 1 aromatic carbocycles. The van der Waals surface area contributed by atoms with Crippen LogP contribution in [0.4, 0.5) is 0 Å². The van der Waals surface area contributed by atoms with Crippen LogP contribution < -0.4 is 15.0 Å². The van der Waals surface area contributed by atoms with E-state index in [-0.39, 0.29) is 4.94 Å². The molecule has 1 N–H and O–H groups in total. The molecule has 0 atom stereocenters. The van der Waals surface area contributed by atoms with Crippen molar-refractivity contribution in [2.45, 2.75) is 25.4 Å². The number of aromatic nitrogens is 1. The monoisotopic (exact) mass is 348 g/mol. The van der Waals surface area contributed by atoms with Crippen LogP contribution in [-0.2, 0) is 6.61 Å². The van der Waals surface area contributed by atoms with E-state index >= 15 is 0 Å². The molecular weight excluding hydrogens is 332 g/mol. The predicted octanol–water partition coefficient (Wildman–Crippen LogP) is 3.36. The highest BCUT2D eigenvalue weighted by Crippen LogP contribution is 2.28. The minimum atomic E-state index is -0.289. The lowest BCUT2D eigenvalue weighted by molar-refractivity contribution is 0.301. The van der Waals surface area contributed by atoms with Gasteiger partial charge in [0.1, 0.15) is 12.4 Å². The minimum Gasteiger partial charge on any atom is -0.487 e. The SMILES string of the molecule is O=c1oc2cc(OCc3csc(C4CCNCC4)n3)ccc2s1. The summed E-state index contributed by atoms with van der Waals surface area (Å²) < 4.78 is 11.7. The fourth-order valence-electron chi connectivity index (χ4n) is 2.75. The zero-order valence-electron chi connectivity index (χ0n) is 12.4. The van der Waals surface area contributed by atoms with E-state index in [4.69, 9.17) is 14.1 Å². The third kappa shape index (κ3) is 3.31.